The Balaban J connectivity index is 2.12. The van der Waals surface area contributed by atoms with Crippen LogP contribution in [-0.4, -0.2) is 37.6 Å². The number of nitrogens with two attached hydrogens (primary N) is 1. The molecule has 3 aromatic rings. The van der Waals surface area contributed by atoms with Crippen molar-refractivity contribution < 1.29 is 22.8 Å². The quantitative estimate of drug-likeness (QED) is 0.286. The molecule has 3 rings (SSSR count). The third-order valence-electron chi connectivity index (χ3n) is 4.73. The second-order valence-electron chi connectivity index (χ2n) is 7.54. The number of rotatable bonds is 5. The number of nitrogens with one attached hydrogen (secondary N) is 1. The van der Waals surface area contributed by atoms with Gasteiger partial charge in [0.2, 0.25) is 0 Å². The molecule has 0 bridgehead atoms. The van der Waals surface area contributed by atoms with Gasteiger partial charge in [0.25, 0.3) is 11.8 Å². The van der Waals surface area contributed by atoms with Gasteiger partial charge < -0.3 is 5.32 Å². The van der Waals surface area contributed by atoms with E-state index in [1.165, 1.54) is 18.3 Å². The van der Waals surface area contributed by atoms with Crippen molar-refractivity contribution in [3.8, 4) is 5.82 Å². The van der Waals surface area contributed by atoms with Crippen LogP contribution in [0.1, 0.15) is 46.0 Å². The minimum Gasteiger partial charge on any atom is -0.319 e. The Hall–Kier alpha value is -3.15. The molecular formula is C21H19Cl2F3N6O2. The predicted octanol–water partition coefficient (Wildman–Crippen LogP) is 4.88. The molecule has 0 aliphatic carbocycles. The summed E-state index contributed by atoms with van der Waals surface area (Å²) in [5, 5.41) is 6.83. The van der Waals surface area contributed by atoms with Gasteiger partial charge >= 0.3 is 6.18 Å². The molecule has 0 unspecified atom stereocenters. The smallest absolute Gasteiger partial charge is 0.319 e. The number of pyridine rings is 1. The van der Waals surface area contributed by atoms with Crippen molar-refractivity contribution in [1.29, 1.82) is 0 Å². The molecule has 34 heavy (non-hydrogen) atoms. The minimum atomic E-state index is -4.82. The molecular weight excluding hydrogens is 496 g/mol. The van der Waals surface area contributed by atoms with Gasteiger partial charge in [0.05, 0.1) is 16.3 Å². The molecule has 2 heterocycles. The molecule has 1 aromatic carbocycles. The van der Waals surface area contributed by atoms with E-state index in [0.717, 1.165) is 9.69 Å². The molecule has 0 atom stereocenters. The lowest BCUT2D eigenvalue weighted by atomic mass is 10.1. The van der Waals surface area contributed by atoms with Gasteiger partial charge in [-0.25, -0.2) is 15.5 Å². The molecule has 2 aromatic heterocycles. The van der Waals surface area contributed by atoms with E-state index in [4.69, 9.17) is 29.0 Å². The largest absolute Gasteiger partial charge is 0.435 e. The van der Waals surface area contributed by atoms with Crippen LogP contribution in [0.3, 0.4) is 0 Å². The molecule has 13 heteroatoms. The van der Waals surface area contributed by atoms with Gasteiger partial charge in [0.15, 0.2) is 11.5 Å². The van der Waals surface area contributed by atoms with Crippen molar-refractivity contribution in [3.63, 3.8) is 0 Å². The molecule has 0 aliphatic rings. The number of hydrogen-bond donors (Lipinski definition) is 2. The van der Waals surface area contributed by atoms with Crippen LogP contribution in [0.15, 0.2) is 36.5 Å². The van der Waals surface area contributed by atoms with Crippen LogP contribution in [0.25, 0.3) is 5.82 Å². The highest BCUT2D eigenvalue weighted by molar-refractivity contribution is 6.38. The summed E-state index contributed by atoms with van der Waals surface area (Å²) >= 11 is 12.3. The van der Waals surface area contributed by atoms with Crippen molar-refractivity contribution in [3.05, 3.63) is 69.1 Å². The maximum Gasteiger partial charge on any atom is 0.435 e. The van der Waals surface area contributed by atoms with E-state index in [9.17, 15) is 22.8 Å². The third kappa shape index (κ3) is 5.16. The lowest BCUT2D eigenvalue weighted by molar-refractivity contribution is -0.141. The Morgan fingerprint density at radius 1 is 1.21 bits per heavy atom. The second-order valence-corrected chi connectivity index (χ2v) is 8.38. The molecule has 0 saturated heterocycles. The number of halogens is 5. The number of hydrogen-bond acceptors (Lipinski definition) is 5. The summed E-state index contributed by atoms with van der Waals surface area (Å²) in [6.45, 7) is 4.93. The summed E-state index contributed by atoms with van der Waals surface area (Å²) in [7, 11) is 0. The number of carbonyl (C=O) groups excluding carboxylic acids is 2. The van der Waals surface area contributed by atoms with E-state index in [1.54, 1.807) is 32.9 Å². The summed E-state index contributed by atoms with van der Waals surface area (Å²) in [5.74, 6) is 4.11. The first kappa shape index (κ1) is 25.5. The Kier molecular flexibility index (Phi) is 7.20. The Labute approximate surface area is 202 Å². The van der Waals surface area contributed by atoms with Gasteiger partial charge in [0, 0.05) is 23.3 Å². The molecule has 0 fully saturated rings. The second kappa shape index (κ2) is 9.61. The van der Waals surface area contributed by atoms with Crippen LogP contribution in [0, 0.1) is 6.92 Å². The first-order valence-electron chi connectivity index (χ1n) is 9.79. The van der Waals surface area contributed by atoms with E-state index >= 15 is 0 Å². The highest BCUT2D eigenvalue weighted by Crippen LogP contribution is 2.33. The van der Waals surface area contributed by atoms with Crippen LogP contribution < -0.4 is 11.2 Å². The lowest BCUT2D eigenvalue weighted by Crippen LogP contribution is -2.43. The van der Waals surface area contributed by atoms with E-state index in [1.807, 2.05) is 0 Å². The molecule has 0 spiro atoms. The summed E-state index contributed by atoms with van der Waals surface area (Å²) in [6, 6.07) is 5.88. The molecule has 0 aliphatic heterocycles. The molecule has 0 saturated carbocycles. The number of nitrogens with zero attached hydrogens (tertiary/aromatic N) is 4. The topological polar surface area (TPSA) is 106 Å². The zero-order valence-electron chi connectivity index (χ0n) is 18.1. The van der Waals surface area contributed by atoms with Crippen LogP contribution in [0.5, 0.6) is 0 Å². The number of aryl methyl sites for hydroxylation is 1. The lowest BCUT2D eigenvalue weighted by Gasteiger charge is -2.23. The molecule has 0 radical (unpaired) electrons. The SMILES string of the molecule is Cc1cccnc1-n1nc(C(F)(F)F)cc1C(=O)Nc1c(Cl)cc(Cl)cc1C(=O)N(N)C(C)C. The molecule has 180 valence electrons. The third-order valence-corrected chi connectivity index (χ3v) is 5.25. The maximum atomic E-state index is 13.4. The minimum absolute atomic E-state index is 0.0228. The first-order valence-corrected chi connectivity index (χ1v) is 10.5. The van der Waals surface area contributed by atoms with E-state index < -0.39 is 35.4 Å². The number of benzene rings is 1. The summed E-state index contributed by atoms with van der Waals surface area (Å²) in [4.78, 5) is 30.1. The van der Waals surface area contributed by atoms with Crippen LogP contribution >= 0.6 is 23.2 Å². The predicted molar refractivity (Wildman–Crippen MR) is 121 cm³/mol. The van der Waals surface area contributed by atoms with Gasteiger partial charge in [-0.3, -0.25) is 14.6 Å². The Bertz CT molecular complexity index is 1260. The molecule has 3 N–H and O–H groups in total. The Morgan fingerprint density at radius 2 is 1.88 bits per heavy atom. The van der Waals surface area contributed by atoms with E-state index in [2.05, 4.69) is 15.4 Å². The Morgan fingerprint density at radius 3 is 2.47 bits per heavy atom. The fraction of sp³-hybridized carbons (Fsp3) is 0.238. The monoisotopic (exact) mass is 514 g/mol. The number of aromatic nitrogens is 3. The van der Waals surface area contributed by atoms with Crippen LogP contribution in [-0.2, 0) is 6.18 Å². The normalized spacial score (nSPS) is 11.6. The van der Waals surface area contributed by atoms with Gasteiger partial charge in [-0.05, 0) is 44.5 Å². The molecule has 2 amide bonds. The van der Waals surface area contributed by atoms with E-state index in [-0.39, 0.29) is 27.1 Å². The highest BCUT2D eigenvalue weighted by Gasteiger charge is 2.37. The van der Waals surface area contributed by atoms with Gasteiger partial charge in [-0.15, -0.1) is 0 Å². The summed E-state index contributed by atoms with van der Waals surface area (Å²) in [6.07, 6.45) is -3.47. The van der Waals surface area contributed by atoms with E-state index in [0.29, 0.717) is 11.6 Å². The number of carbonyl (C=O) groups is 2. The van der Waals surface area contributed by atoms with Gasteiger partial charge in [-0.1, -0.05) is 29.3 Å². The molecule has 8 nitrogen and oxygen atoms in total. The zero-order valence-corrected chi connectivity index (χ0v) is 19.6. The number of alkyl halides is 3. The number of amides is 2. The average Bonchev–Trinajstić information content (AvgIpc) is 3.20. The van der Waals surface area contributed by atoms with Crippen molar-refractivity contribution in [1.82, 2.24) is 19.8 Å². The fourth-order valence-electron chi connectivity index (χ4n) is 2.96. The van der Waals surface area contributed by atoms with Crippen molar-refractivity contribution in [2.45, 2.75) is 33.0 Å². The van der Waals surface area contributed by atoms with Gasteiger partial charge in [-0.2, -0.15) is 18.3 Å². The van der Waals surface area contributed by atoms with Crippen molar-refractivity contribution in [2.24, 2.45) is 5.84 Å². The van der Waals surface area contributed by atoms with Crippen LogP contribution in [0.2, 0.25) is 10.0 Å². The zero-order chi connectivity index (χ0) is 25.4. The van der Waals surface area contributed by atoms with Crippen LogP contribution in [0.4, 0.5) is 18.9 Å². The van der Waals surface area contributed by atoms with Crippen molar-refractivity contribution in [2.75, 3.05) is 5.32 Å². The highest BCUT2D eigenvalue weighted by atomic mass is 35.5. The standard InChI is InChI=1S/C21H19Cl2F3N6O2/c1-10(2)31(27)20(34)13-7-12(22)8-14(23)17(13)29-19(33)15-9-16(21(24,25)26)30-32(15)18-11(3)5-4-6-28-18/h4-10H,27H2,1-3H3,(H,29,33). The van der Waals surface area contributed by atoms with Crippen molar-refractivity contribution >= 4 is 40.7 Å². The number of anilines is 1. The average molecular weight is 515 g/mol. The maximum absolute atomic E-state index is 13.4. The van der Waals surface area contributed by atoms with Gasteiger partial charge in [0.1, 0.15) is 5.69 Å². The fourth-order valence-corrected chi connectivity index (χ4v) is 3.50. The first-order chi connectivity index (χ1) is 15.8. The number of hydrazine groups is 1. The summed E-state index contributed by atoms with van der Waals surface area (Å²) < 4.78 is 41.0. The summed E-state index contributed by atoms with van der Waals surface area (Å²) in [5.41, 5.74) is -1.61.